The molecule has 0 aliphatic carbocycles. The van der Waals surface area contributed by atoms with E-state index in [0.29, 0.717) is 22.1 Å². The lowest BCUT2D eigenvalue weighted by Gasteiger charge is -2.15. The van der Waals surface area contributed by atoms with Gasteiger partial charge >= 0.3 is 0 Å². The predicted octanol–water partition coefficient (Wildman–Crippen LogP) is 4.86. The second-order valence-electron chi connectivity index (χ2n) is 6.70. The van der Waals surface area contributed by atoms with Crippen LogP contribution in [0.4, 0.5) is 11.4 Å². The normalized spacial score (nSPS) is 12.1. The maximum absolute atomic E-state index is 12.5. The first-order valence-electron chi connectivity index (χ1n) is 9.15. The minimum absolute atomic E-state index is 0.178. The van der Waals surface area contributed by atoms with Gasteiger partial charge in [0.25, 0.3) is 15.9 Å². The highest BCUT2D eigenvalue weighted by molar-refractivity contribution is 7.92. The van der Waals surface area contributed by atoms with E-state index >= 15 is 0 Å². The maximum atomic E-state index is 12.5. The first-order valence-corrected chi connectivity index (χ1v) is 11.0. The van der Waals surface area contributed by atoms with Crippen LogP contribution in [0.25, 0.3) is 0 Å². The van der Waals surface area contributed by atoms with Gasteiger partial charge in [-0.15, -0.1) is 0 Å². The van der Waals surface area contributed by atoms with E-state index in [1.54, 1.807) is 79.7 Å². The summed E-state index contributed by atoms with van der Waals surface area (Å²) in [5.74, 6) is 0.147. The molecule has 8 heteroatoms. The highest BCUT2D eigenvalue weighted by Crippen LogP contribution is 2.21. The van der Waals surface area contributed by atoms with Crippen LogP contribution < -0.4 is 14.8 Å². The molecule has 1 unspecified atom stereocenters. The summed E-state index contributed by atoms with van der Waals surface area (Å²) in [7, 11) is -3.69. The Kier molecular flexibility index (Phi) is 6.64. The Morgan fingerprint density at radius 1 is 0.967 bits per heavy atom. The van der Waals surface area contributed by atoms with Gasteiger partial charge in [-0.3, -0.25) is 9.52 Å². The van der Waals surface area contributed by atoms with Crippen LogP contribution in [0.15, 0.2) is 77.7 Å². The van der Waals surface area contributed by atoms with Gasteiger partial charge in [0.2, 0.25) is 0 Å². The van der Waals surface area contributed by atoms with Crippen LogP contribution in [0.3, 0.4) is 0 Å². The van der Waals surface area contributed by atoms with Gasteiger partial charge in [-0.1, -0.05) is 35.4 Å². The molecule has 30 heavy (non-hydrogen) atoms. The zero-order valence-corrected chi connectivity index (χ0v) is 18.0. The molecule has 0 heterocycles. The van der Waals surface area contributed by atoms with Crippen LogP contribution >= 0.6 is 11.6 Å². The zero-order valence-electron chi connectivity index (χ0n) is 16.4. The van der Waals surface area contributed by atoms with Gasteiger partial charge in [-0.25, -0.2) is 8.42 Å². The number of hydrogen-bond donors (Lipinski definition) is 2. The zero-order chi connectivity index (χ0) is 21.7. The topological polar surface area (TPSA) is 84.5 Å². The Labute approximate surface area is 180 Å². The molecule has 0 saturated heterocycles. The SMILES string of the molecule is Cc1ccc(S(=O)(=O)Nc2ccc(NC(=O)C(C)Oc3cccc(Cl)c3)cc2)cc1. The lowest BCUT2D eigenvalue weighted by Crippen LogP contribution is -2.30. The quantitative estimate of drug-likeness (QED) is 0.545. The van der Waals surface area contributed by atoms with Crippen molar-refractivity contribution in [3.63, 3.8) is 0 Å². The van der Waals surface area contributed by atoms with E-state index in [1.807, 2.05) is 6.92 Å². The summed E-state index contributed by atoms with van der Waals surface area (Å²) in [4.78, 5) is 12.5. The van der Waals surface area contributed by atoms with Crippen molar-refractivity contribution >= 4 is 38.9 Å². The largest absolute Gasteiger partial charge is 0.481 e. The molecular formula is C22H21ClN2O4S. The van der Waals surface area contributed by atoms with E-state index in [0.717, 1.165) is 5.56 Å². The van der Waals surface area contributed by atoms with Crippen molar-refractivity contribution in [2.45, 2.75) is 24.8 Å². The van der Waals surface area contributed by atoms with E-state index in [-0.39, 0.29) is 10.8 Å². The van der Waals surface area contributed by atoms with Crippen LogP contribution in [0.5, 0.6) is 5.75 Å². The van der Waals surface area contributed by atoms with E-state index in [1.165, 1.54) is 0 Å². The first-order chi connectivity index (χ1) is 14.2. The number of nitrogens with one attached hydrogen (secondary N) is 2. The van der Waals surface area contributed by atoms with Crippen molar-refractivity contribution in [2.75, 3.05) is 10.0 Å². The van der Waals surface area contributed by atoms with Gasteiger partial charge in [0.15, 0.2) is 6.10 Å². The molecule has 6 nitrogen and oxygen atoms in total. The summed E-state index contributed by atoms with van der Waals surface area (Å²) in [5.41, 5.74) is 1.87. The fourth-order valence-corrected chi connectivity index (χ4v) is 3.83. The Morgan fingerprint density at radius 2 is 1.60 bits per heavy atom. The average molecular weight is 445 g/mol. The summed E-state index contributed by atoms with van der Waals surface area (Å²) in [6, 6.07) is 19.7. The number of sulfonamides is 1. The number of aryl methyl sites for hydroxylation is 1. The Hall–Kier alpha value is -3.03. The van der Waals surface area contributed by atoms with Gasteiger partial charge in [-0.2, -0.15) is 0 Å². The maximum Gasteiger partial charge on any atom is 0.265 e. The minimum Gasteiger partial charge on any atom is -0.481 e. The number of carbonyl (C=O) groups is 1. The Morgan fingerprint density at radius 3 is 2.23 bits per heavy atom. The number of anilines is 2. The molecule has 1 amide bonds. The van der Waals surface area contributed by atoms with Gasteiger partial charge in [0.1, 0.15) is 5.75 Å². The molecular weight excluding hydrogens is 424 g/mol. The molecule has 0 aromatic heterocycles. The second kappa shape index (κ2) is 9.19. The lowest BCUT2D eigenvalue weighted by atomic mass is 10.2. The van der Waals surface area contributed by atoms with Gasteiger partial charge in [-0.05, 0) is 68.4 Å². The van der Waals surface area contributed by atoms with Crippen LogP contribution in [0.1, 0.15) is 12.5 Å². The summed E-state index contributed by atoms with van der Waals surface area (Å²) >= 11 is 5.91. The molecule has 2 N–H and O–H groups in total. The molecule has 0 bridgehead atoms. The third-order valence-electron chi connectivity index (χ3n) is 4.21. The van der Waals surface area contributed by atoms with Gasteiger partial charge < -0.3 is 10.1 Å². The van der Waals surface area contributed by atoms with Crippen LogP contribution in [-0.2, 0) is 14.8 Å². The van der Waals surface area contributed by atoms with Crippen molar-refractivity contribution < 1.29 is 17.9 Å². The smallest absolute Gasteiger partial charge is 0.265 e. The van der Waals surface area contributed by atoms with Crippen LogP contribution in [-0.4, -0.2) is 20.4 Å². The molecule has 3 aromatic rings. The monoisotopic (exact) mass is 444 g/mol. The first kappa shape index (κ1) is 21.7. The molecule has 3 aromatic carbocycles. The molecule has 3 rings (SSSR count). The number of benzene rings is 3. The van der Waals surface area contributed by atoms with Crippen molar-refractivity contribution in [1.29, 1.82) is 0 Å². The van der Waals surface area contributed by atoms with Crippen molar-refractivity contribution in [3.05, 3.63) is 83.4 Å². The fraction of sp³-hybridized carbons (Fsp3) is 0.136. The summed E-state index contributed by atoms with van der Waals surface area (Å²) in [6.45, 7) is 3.51. The minimum atomic E-state index is -3.69. The average Bonchev–Trinajstić information content (AvgIpc) is 2.69. The van der Waals surface area contributed by atoms with Crippen molar-refractivity contribution in [1.82, 2.24) is 0 Å². The molecule has 0 aliphatic rings. The Bertz CT molecular complexity index is 1130. The number of ether oxygens (including phenoxy) is 1. The van der Waals surface area contributed by atoms with Crippen molar-refractivity contribution in [2.24, 2.45) is 0 Å². The summed E-state index contributed by atoms with van der Waals surface area (Å²) < 4.78 is 33.0. The van der Waals surface area contributed by atoms with Gasteiger partial charge in [0, 0.05) is 16.4 Å². The molecule has 0 saturated carbocycles. The third kappa shape index (κ3) is 5.75. The van der Waals surface area contributed by atoms with Crippen molar-refractivity contribution in [3.8, 4) is 5.75 Å². The number of hydrogen-bond acceptors (Lipinski definition) is 4. The van der Waals surface area contributed by atoms with Gasteiger partial charge in [0.05, 0.1) is 4.90 Å². The summed E-state index contributed by atoms with van der Waals surface area (Å²) in [6.07, 6.45) is -0.747. The molecule has 0 radical (unpaired) electrons. The number of amides is 1. The number of carbonyl (C=O) groups excluding carboxylic acids is 1. The van der Waals surface area contributed by atoms with E-state index < -0.39 is 16.1 Å². The van der Waals surface area contributed by atoms with E-state index in [9.17, 15) is 13.2 Å². The Balaban J connectivity index is 1.61. The third-order valence-corrected chi connectivity index (χ3v) is 5.85. The molecule has 0 spiro atoms. The number of halogens is 1. The molecule has 0 fully saturated rings. The van der Waals surface area contributed by atoms with E-state index in [2.05, 4.69) is 10.0 Å². The molecule has 0 aliphatic heterocycles. The van der Waals surface area contributed by atoms with Crippen LogP contribution in [0, 0.1) is 6.92 Å². The highest BCUT2D eigenvalue weighted by atomic mass is 35.5. The lowest BCUT2D eigenvalue weighted by molar-refractivity contribution is -0.122. The fourth-order valence-electron chi connectivity index (χ4n) is 2.59. The highest BCUT2D eigenvalue weighted by Gasteiger charge is 2.16. The predicted molar refractivity (Wildman–Crippen MR) is 119 cm³/mol. The summed E-state index contributed by atoms with van der Waals surface area (Å²) in [5, 5.41) is 3.25. The molecule has 156 valence electrons. The second-order valence-corrected chi connectivity index (χ2v) is 8.82. The molecule has 1 atom stereocenters. The standard InChI is InChI=1S/C22H21ClN2O4S/c1-15-6-12-21(13-7-15)30(27,28)25-19-10-8-18(9-11-19)24-22(26)16(2)29-20-5-3-4-17(23)14-20/h3-14,16,25H,1-2H3,(H,24,26). The number of rotatable bonds is 7. The van der Waals surface area contributed by atoms with Crippen LogP contribution in [0.2, 0.25) is 5.02 Å². The van der Waals surface area contributed by atoms with E-state index in [4.69, 9.17) is 16.3 Å².